The topological polar surface area (TPSA) is 366 Å². The zero-order valence-electron chi connectivity index (χ0n) is 42.2. The quantitative estimate of drug-likeness (QED) is 0.0769. The Balaban J connectivity index is 0.846. The van der Waals surface area contributed by atoms with Crippen molar-refractivity contribution in [1.29, 1.82) is 0 Å². The van der Waals surface area contributed by atoms with Gasteiger partial charge >= 0.3 is 0 Å². The Kier molecular flexibility index (Phi) is 16.9. The fourth-order valence-electron chi connectivity index (χ4n) is 14.8. The molecule has 11 unspecified atom stereocenters. The van der Waals surface area contributed by atoms with Crippen molar-refractivity contribution in [2.75, 3.05) is 19.8 Å². The number of rotatable bonds is 14. The number of ether oxygens (including phenoxy) is 9. The predicted molar refractivity (Wildman–Crippen MR) is 245 cm³/mol. The van der Waals surface area contributed by atoms with Crippen LogP contribution in [0.15, 0.2) is 11.6 Å². The highest BCUT2D eigenvalue weighted by Crippen LogP contribution is 2.70. The lowest BCUT2D eigenvalue weighted by molar-refractivity contribution is -0.400. The Morgan fingerprint density at radius 3 is 1.99 bits per heavy atom. The molecule has 420 valence electrons. The number of fused-ring (bicyclic) bond motifs is 7. The molecule has 0 spiro atoms. The van der Waals surface area contributed by atoms with E-state index in [1.807, 2.05) is 6.92 Å². The molecule has 0 amide bonds. The van der Waals surface area contributed by atoms with Crippen molar-refractivity contribution in [3.63, 3.8) is 0 Å². The summed E-state index contributed by atoms with van der Waals surface area (Å²) in [6.07, 6.45) is -23.4. The van der Waals surface area contributed by atoms with E-state index in [0.29, 0.717) is 43.4 Å². The number of hydrogen-bond acceptors (Lipinski definition) is 23. The van der Waals surface area contributed by atoms with Gasteiger partial charge in [0, 0.05) is 12.3 Å². The maximum Gasteiger partial charge on any atom is 0.189 e. The van der Waals surface area contributed by atoms with Crippen LogP contribution in [0.3, 0.4) is 0 Å². The molecular weight excluding hydrogens is 969 g/mol. The molecule has 0 bridgehead atoms. The van der Waals surface area contributed by atoms with Gasteiger partial charge in [0.2, 0.25) is 0 Å². The van der Waals surface area contributed by atoms with E-state index in [0.717, 1.165) is 32.1 Å². The van der Waals surface area contributed by atoms with Gasteiger partial charge in [0.1, 0.15) is 85.5 Å². The molecule has 73 heavy (non-hydrogen) atoms. The second-order valence-electron chi connectivity index (χ2n) is 23.5. The van der Waals surface area contributed by atoms with Crippen LogP contribution < -0.4 is 0 Å². The summed E-state index contributed by atoms with van der Waals surface area (Å²) in [4.78, 5) is 0. The van der Waals surface area contributed by atoms with Crippen LogP contribution in [0.2, 0.25) is 0 Å². The third-order valence-electron chi connectivity index (χ3n) is 19.2. The Morgan fingerprint density at radius 1 is 0.658 bits per heavy atom. The molecule has 5 aliphatic heterocycles. The highest BCUT2D eigenvalue weighted by atomic mass is 16.8. The molecule has 23 nitrogen and oxygen atoms in total. The minimum absolute atomic E-state index is 0.0745. The average molecular weight is 1050 g/mol. The Morgan fingerprint density at radius 2 is 1.29 bits per heavy atom. The Labute approximate surface area is 424 Å². The summed E-state index contributed by atoms with van der Waals surface area (Å²) < 4.78 is 53.8. The fourth-order valence-corrected chi connectivity index (χ4v) is 14.8. The van der Waals surface area contributed by atoms with E-state index in [-0.39, 0.29) is 41.3 Å². The number of allylic oxidation sites excluding steroid dienone is 1. The first-order valence-electron chi connectivity index (χ1n) is 26.5. The van der Waals surface area contributed by atoms with Gasteiger partial charge < -0.3 is 114 Å². The Hall–Kier alpha value is -1.18. The maximum atomic E-state index is 12.1. The SMILES string of the molecule is CC1O[C@@H](O[C@@H]2C(CO)O[C@@H](OC3CC[C@@]4(C)C(=CC[C@H]5[C@@H]6CC7OC(O)(CC[C@@H](C)CO[C@@H]8OC(CO)[C@@H](O)C(O)[C@@H]8O)[C@@H](C)[C@@H]7[C@@]6(C)CC[C@@H]54)C3)[C@@H](O[C@@H]3OC(O)[C@H](O)C(O)[C@@H]3O)C2O)[C@@H](O)C(O)[C@H]1O. The molecule has 31 atom stereocenters. The normalized spacial score (nSPS) is 55.5. The van der Waals surface area contributed by atoms with Gasteiger partial charge in [-0.1, -0.05) is 39.3 Å². The van der Waals surface area contributed by atoms with Crippen LogP contribution in [0.5, 0.6) is 0 Å². The molecule has 9 rings (SSSR count). The van der Waals surface area contributed by atoms with Crippen molar-refractivity contribution in [3.8, 4) is 0 Å². The van der Waals surface area contributed by atoms with Gasteiger partial charge in [-0.2, -0.15) is 0 Å². The van der Waals surface area contributed by atoms with Crippen LogP contribution in [0, 0.1) is 46.3 Å². The van der Waals surface area contributed by atoms with Gasteiger partial charge in [-0.25, -0.2) is 0 Å². The molecule has 8 fully saturated rings. The maximum absolute atomic E-state index is 12.1. The first-order valence-corrected chi connectivity index (χ1v) is 26.5. The van der Waals surface area contributed by atoms with Crippen molar-refractivity contribution in [2.24, 2.45) is 46.3 Å². The number of aliphatic hydroxyl groups is 14. The highest BCUT2D eigenvalue weighted by Gasteiger charge is 2.68. The molecule has 0 radical (unpaired) electrons. The van der Waals surface area contributed by atoms with E-state index >= 15 is 0 Å². The molecular formula is C50H82O23. The first kappa shape index (κ1) is 56.5. The molecule has 23 heteroatoms. The van der Waals surface area contributed by atoms with Gasteiger partial charge in [0.15, 0.2) is 37.2 Å². The van der Waals surface area contributed by atoms with Crippen LogP contribution in [0.25, 0.3) is 0 Å². The van der Waals surface area contributed by atoms with E-state index < -0.39 is 148 Å². The van der Waals surface area contributed by atoms with E-state index in [2.05, 4.69) is 26.8 Å². The summed E-state index contributed by atoms with van der Waals surface area (Å²) in [5.41, 5.74) is 0.991. The van der Waals surface area contributed by atoms with Crippen molar-refractivity contribution in [1.82, 2.24) is 0 Å². The molecule has 3 saturated carbocycles. The molecule has 0 aromatic rings. The van der Waals surface area contributed by atoms with Gasteiger partial charge in [-0.3, -0.25) is 0 Å². The summed E-state index contributed by atoms with van der Waals surface area (Å²) in [5, 5.41) is 148. The second-order valence-corrected chi connectivity index (χ2v) is 23.5. The fraction of sp³-hybridized carbons (Fsp3) is 0.960. The predicted octanol–water partition coefficient (Wildman–Crippen LogP) is -3.05. The van der Waals surface area contributed by atoms with Crippen molar-refractivity contribution >= 4 is 0 Å². The summed E-state index contributed by atoms with van der Waals surface area (Å²) in [5.74, 6) is -0.340. The van der Waals surface area contributed by atoms with E-state index in [1.54, 1.807) is 0 Å². The molecule has 0 aromatic carbocycles. The number of aliphatic hydroxyl groups excluding tert-OH is 13. The van der Waals surface area contributed by atoms with E-state index in [9.17, 15) is 71.5 Å². The van der Waals surface area contributed by atoms with Crippen molar-refractivity contribution in [3.05, 3.63) is 11.6 Å². The van der Waals surface area contributed by atoms with Crippen molar-refractivity contribution in [2.45, 2.75) is 233 Å². The second kappa shape index (κ2) is 21.8. The van der Waals surface area contributed by atoms with Crippen molar-refractivity contribution < 1.29 is 114 Å². The van der Waals surface area contributed by atoms with Crippen LogP contribution >= 0.6 is 0 Å². The monoisotopic (exact) mass is 1050 g/mol. The summed E-state index contributed by atoms with van der Waals surface area (Å²) >= 11 is 0. The minimum atomic E-state index is -1.98. The van der Waals surface area contributed by atoms with Crippen LogP contribution in [0.4, 0.5) is 0 Å². The lowest BCUT2D eigenvalue weighted by Crippen LogP contribution is -2.66. The molecule has 5 heterocycles. The van der Waals surface area contributed by atoms with Gasteiger partial charge in [-0.05, 0) is 98.7 Å². The van der Waals surface area contributed by atoms with E-state index in [1.165, 1.54) is 12.5 Å². The zero-order chi connectivity index (χ0) is 52.8. The average Bonchev–Trinajstić information content (AvgIpc) is 3.80. The molecule has 9 aliphatic rings. The lowest BCUT2D eigenvalue weighted by atomic mass is 9.47. The zero-order valence-corrected chi connectivity index (χ0v) is 42.2. The van der Waals surface area contributed by atoms with Crippen LogP contribution in [-0.4, -0.2) is 232 Å². The summed E-state index contributed by atoms with van der Waals surface area (Å²) in [6.45, 7) is 9.05. The lowest BCUT2D eigenvalue weighted by Gasteiger charge is -2.58. The van der Waals surface area contributed by atoms with Gasteiger partial charge in [-0.15, -0.1) is 0 Å². The highest BCUT2D eigenvalue weighted by molar-refractivity contribution is 5.26. The standard InChI is InChI=1S/C50H82O23/c1-19(18-65-44-37(59)34(56)32(54)28(16-51)68-44)8-13-50(64)20(2)30-27(73-50)15-26-24-7-6-22-14-23(9-11-48(22,4)25(24)10-12-49(26,30)5)67-47-42(71-46-39(61)35(57)36(58)43(63)72-46)40(62)41(29(17-52)69-47)70-45-38(60)33(55)31(53)21(3)66-45/h6,19-21,23-47,51-64H,7-18H2,1-5H3/t19-,20+,21?,23?,24-,25+,26+,27?,28?,29?,30+,31+,32-,33?,34?,35?,36-,37+,38+,39+,40?,41-,42+,43?,44-,45+,46-,47-,48+,49+,50?/m1/s1. The van der Waals surface area contributed by atoms with Gasteiger partial charge in [0.05, 0.1) is 38.1 Å². The Bertz CT molecular complexity index is 1900. The third-order valence-corrected chi connectivity index (χ3v) is 19.2. The summed E-state index contributed by atoms with van der Waals surface area (Å²) in [6, 6.07) is 0. The largest absolute Gasteiger partial charge is 0.394 e. The van der Waals surface area contributed by atoms with Gasteiger partial charge in [0.25, 0.3) is 0 Å². The molecule has 5 saturated heterocycles. The molecule has 0 aromatic heterocycles. The van der Waals surface area contributed by atoms with Crippen LogP contribution in [-0.2, 0) is 42.6 Å². The minimum Gasteiger partial charge on any atom is -0.394 e. The first-order chi connectivity index (χ1) is 34.5. The van der Waals surface area contributed by atoms with E-state index in [4.69, 9.17) is 42.6 Å². The molecule has 14 N–H and O–H groups in total. The van der Waals surface area contributed by atoms with Crippen LogP contribution in [0.1, 0.15) is 92.4 Å². The summed E-state index contributed by atoms with van der Waals surface area (Å²) in [7, 11) is 0. The smallest absolute Gasteiger partial charge is 0.189 e. The number of hydrogen-bond donors (Lipinski definition) is 14. The molecule has 4 aliphatic carbocycles. The third kappa shape index (κ3) is 10.1.